The smallest absolute Gasteiger partial charge is 0.282 e. The van der Waals surface area contributed by atoms with Crippen molar-refractivity contribution >= 4 is 39.0 Å². The predicted molar refractivity (Wildman–Crippen MR) is 137 cm³/mol. The third kappa shape index (κ3) is 5.91. The van der Waals surface area contributed by atoms with Gasteiger partial charge in [0.25, 0.3) is 11.5 Å². The van der Waals surface area contributed by atoms with Gasteiger partial charge in [0.1, 0.15) is 5.82 Å². The molecular formula is C25H27BrN4O4. The van der Waals surface area contributed by atoms with Crippen LogP contribution in [-0.2, 0) is 17.6 Å². The molecule has 2 N–H and O–H groups in total. The van der Waals surface area contributed by atoms with Crippen LogP contribution in [0.15, 0.2) is 57.4 Å². The molecule has 0 saturated heterocycles. The highest BCUT2D eigenvalue weighted by molar-refractivity contribution is 9.10. The van der Waals surface area contributed by atoms with E-state index in [9.17, 15) is 9.59 Å². The number of carbonyl (C=O) groups excluding carboxylic acids is 1. The van der Waals surface area contributed by atoms with Gasteiger partial charge in [0, 0.05) is 16.5 Å². The number of rotatable bonds is 11. The average Bonchev–Trinajstić information content (AvgIpc) is 2.79. The highest BCUT2D eigenvalue weighted by Gasteiger charge is 2.15. The summed E-state index contributed by atoms with van der Waals surface area (Å²) in [7, 11) is 0. The number of halogens is 1. The molecule has 3 rings (SSSR count). The van der Waals surface area contributed by atoms with Crippen molar-refractivity contribution in [2.45, 2.75) is 33.1 Å². The van der Waals surface area contributed by atoms with Gasteiger partial charge in [-0.15, -0.1) is 6.58 Å². The van der Waals surface area contributed by atoms with Gasteiger partial charge in [0.05, 0.1) is 23.7 Å². The molecule has 3 aromatic rings. The summed E-state index contributed by atoms with van der Waals surface area (Å²) in [6.45, 7) is 7.78. The highest BCUT2D eigenvalue weighted by Crippen LogP contribution is 2.33. The summed E-state index contributed by atoms with van der Waals surface area (Å²) < 4.78 is 13.5. The van der Waals surface area contributed by atoms with Crippen LogP contribution in [0.5, 0.6) is 11.5 Å². The predicted octanol–water partition coefficient (Wildman–Crippen LogP) is 3.99. The third-order valence-corrected chi connectivity index (χ3v) is 5.34. The molecule has 2 aromatic carbocycles. The molecule has 34 heavy (non-hydrogen) atoms. The number of nitrogens with two attached hydrogens (primary N) is 1. The first-order chi connectivity index (χ1) is 16.4. The molecule has 0 aliphatic rings. The molecule has 0 unspecified atom stereocenters. The SMILES string of the molecule is C=CCc1cc(C=Nn2c(CCC)nc3ccc(Br)cc3c2=O)cc(OCC)c1OCC(N)=O. The molecule has 178 valence electrons. The Morgan fingerprint density at radius 2 is 2.06 bits per heavy atom. The summed E-state index contributed by atoms with van der Waals surface area (Å²) in [5, 5.41) is 4.96. The lowest BCUT2D eigenvalue weighted by Crippen LogP contribution is -2.22. The van der Waals surface area contributed by atoms with Crippen molar-refractivity contribution in [3.63, 3.8) is 0 Å². The number of primary amides is 1. The second-order valence-electron chi connectivity index (χ2n) is 7.49. The van der Waals surface area contributed by atoms with E-state index in [1.54, 1.807) is 24.4 Å². The fraction of sp³-hybridized carbons (Fsp3) is 0.280. The number of aryl methyl sites for hydroxylation is 1. The van der Waals surface area contributed by atoms with E-state index in [2.05, 4.69) is 32.6 Å². The van der Waals surface area contributed by atoms with Crippen molar-refractivity contribution in [3.8, 4) is 11.5 Å². The Labute approximate surface area is 206 Å². The molecule has 1 heterocycles. The van der Waals surface area contributed by atoms with Crippen molar-refractivity contribution < 1.29 is 14.3 Å². The summed E-state index contributed by atoms with van der Waals surface area (Å²) in [4.78, 5) is 29.1. The lowest BCUT2D eigenvalue weighted by atomic mass is 10.1. The van der Waals surface area contributed by atoms with Crippen LogP contribution in [0.25, 0.3) is 10.9 Å². The van der Waals surface area contributed by atoms with Gasteiger partial charge in [-0.3, -0.25) is 9.59 Å². The Hall–Kier alpha value is -3.46. The molecule has 0 saturated carbocycles. The first-order valence-electron chi connectivity index (χ1n) is 10.9. The molecule has 9 heteroatoms. The molecule has 0 aliphatic carbocycles. The zero-order chi connectivity index (χ0) is 24.7. The minimum Gasteiger partial charge on any atom is -0.490 e. The standard InChI is InChI=1S/C25H27BrN4O4/c1-4-7-17-11-16(12-21(33-6-3)24(17)34-15-22(27)31)14-28-30-23(8-5-2)29-20-10-9-18(26)13-19(20)25(30)32/h4,9-14H,1,5-8,15H2,2-3H3,(H2,27,31). The molecule has 0 radical (unpaired) electrons. The minimum absolute atomic E-state index is 0.247. The van der Waals surface area contributed by atoms with Crippen LogP contribution in [-0.4, -0.2) is 35.0 Å². The van der Waals surface area contributed by atoms with Gasteiger partial charge < -0.3 is 15.2 Å². The number of carbonyl (C=O) groups is 1. The molecule has 0 fully saturated rings. The second-order valence-corrected chi connectivity index (χ2v) is 8.40. The molecule has 0 bridgehead atoms. The Bertz CT molecular complexity index is 1300. The largest absolute Gasteiger partial charge is 0.490 e. The van der Waals surface area contributed by atoms with Crippen molar-refractivity contribution in [1.29, 1.82) is 0 Å². The molecule has 1 aromatic heterocycles. The fourth-order valence-electron chi connectivity index (χ4n) is 3.46. The van der Waals surface area contributed by atoms with E-state index >= 15 is 0 Å². The molecule has 8 nitrogen and oxygen atoms in total. The van der Waals surface area contributed by atoms with Gasteiger partial charge in [0.2, 0.25) is 0 Å². The Balaban J connectivity index is 2.11. The number of hydrogen-bond acceptors (Lipinski definition) is 6. The number of ether oxygens (including phenoxy) is 2. The average molecular weight is 527 g/mol. The Morgan fingerprint density at radius 1 is 1.26 bits per heavy atom. The van der Waals surface area contributed by atoms with Gasteiger partial charge in [-0.05, 0) is 55.7 Å². The number of hydrogen-bond donors (Lipinski definition) is 1. The quantitative estimate of drug-likeness (QED) is 0.300. The second kappa shape index (κ2) is 11.6. The van der Waals surface area contributed by atoms with Crippen molar-refractivity contribution in [2.75, 3.05) is 13.2 Å². The number of aromatic nitrogens is 2. The van der Waals surface area contributed by atoms with Gasteiger partial charge in [0.15, 0.2) is 18.1 Å². The zero-order valence-corrected chi connectivity index (χ0v) is 20.8. The summed E-state index contributed by atoms with van der Waals surface area (Å²) >= 11 is 3.41. The van der Waals surface area contributed by atoms with Gasteiger partial charge in [-0.25, -0.2) is 4.98 Å². The molecule has 0 aliphatic heterocycles. The van der Waals surface area contributed by atoms with Crippen LogP contribution >= 0.6 is 15.9 Å². The topological polar surface area (TPSA) is 109 Å². The third-order valence-electron chi connectivity index (χ3n) is 4.85. The Morgan fingerprint density at radius 3 is 2.74 bits per heavy atom. The summed E-state index contributed by atoms with van der Waals surface area (Å²) in [5.41, 5.74) is 7.07. The normalized spacial score (nSPS) is 11.1. The highest BCUT2D eigenvalue weighted by atomic mass is 79.9. The number of fused-ring (bicyclic) bond motifs is 1. The van der Waals surface area contributed by atoms with Gasteiger partial charge in [-0.1, -0.05) is 28.9 Å². The number of allylic oxidation sites excluding steroid dienone is 1. The Kier molecular flexibility index (Phi) is 8.59. The van der Waals surface area contributed by atoms with Crippen LogP contribution < -0.4 is 20.8 Å². The van der Waals surface area contributed by atoms with Gasteiger partial charge >= 0.3 is 0 Å². The maximum absolute atomic E-state index is 13.2. The van der Waals surface area contributed by atoms with Crippen molar-refractivity contribution in [1.82, 2.24) is 9.66 Å². The van der Waals surface area contributed by atoms with Crippen LogP contribution in [0, 0.1) is 0 Å². The molecule has 0 atom stereocenters. The first-order valence-corrected chi connectivity index (χ1v) is 11.7. The minimum atomic E-state index is -0.587. The van der Waals surface area contributed by atoms with E-state index in [0.29, 0.717) is 53.2 Å². The van der Waals surface area contributed by atoms with Gasteiger partial charge in [-0.2, -0.15) is 9.78 Å². The summed E-state index contributed by atoms with van der Waals surface area (Å²) in [6, 6.07) is 9.00. The van der Waals surface area contributed by atoms with Crippen molar-refractivity contribution in [3.05, 3.63) is 74.8 Å². The number of amides is 1. The van der Waals surface area contributed by atoms with E-state index < -0.39 is 5.91 Å². The van der Waals surface area contributed by atoms with Crippen LogP contribution in [0.2, 0.25) is 0 Å². The fourth-order valence-corrected chi connectivity index (χ4v) is 3.82. The van der Waals surface area contributed by atoms with E-state index in [1.165, 1.54) is 4.68 Å². The maximum Gasteiger partial charge on any atom is 0.282 e. The van der Waals surface area contributed by atoms with E-state index in [4.69, 9.17) is 15.2 Å². The maximum atomic E-state index is 13.2. The van der Waals surface area contributed by atoms with Crippen LogP contribution in [0.1, 0.15) is 37.2 Å². The van der Waals surface area contributed by atoms with Crippen molar-refractivity contribution in [2.24, 2.45) is 10.8 Å². The molecule has 1 amide bonds. The monoisotopic (exact) mass is 526 g/mol. The molecule has 0 spiro atoms. The van der Waals surface area contributed by atoms with E-state index in [-0.39, 0.29) is 12.2 Å². The zero-order valence-electron chi connectivity index (χ0n) is 19.2. The summed E-state index contributed by atoms with van der Waals surface area (Å²) in [5.74, 6) is 0.872. The number of benzene rings is 2. The lowest BCUT2D eigenvalue weighted by Gasteiger charge is -2.16. The van der Waals surface area contributed by atoms with Crippen LogP contribution in [0.4, 0.5) is 0 Å². The summed E-state index contributed by atoms with van der Waals surface area (Å²) in [6.07, 6.45) is 5.19. The van der Waals surface area contributed by atoms with E-state index in [0.717, 1.165) is 16.5 Å². The van der Waals surface area contributed by atoms with Crippen LogP contribution in [0.3, 0.4) is 0 Å². The molecular weight excluding hydrogens is 500 g/mol. The van der Waals surface area contributed by atoms with E-state index in [1.807, 2.05) is 32.0 Å². The first kappa shape index (κ1) is 25.2. The lowest BCUT2D eigenvalue weighted by molar-refractivity contribution is -0.119. The number of nitrogens with zero attached hydrogens (tertiary/aromatic N) is 3.